The zero-order valence-corrected chi connectivity index (χ0v) is 21.2. The van der Waals surface area contributed by atoms with Crippen LogP contribution in [0.3, 0.4) is 0 Å². The summed E-state index contributed by atoms with van der Waals surface area (Å²) in [7, 11) is 0. The number of fused-ring (bicyclic) bond motifs is 1. The highest BCUT2D eigenvalue weighted by atomic mass is 19.4. The highest BCUT2D eigenvalue weighted by Gasteiger charge is 2.63. The van der Waals surface area contributed by atoms with E-state index in [1.54, 1.807) is 0 Å². The first-order valence-electron chi connectivity index (χ1n) is 13.2. The molecule has 0 spiro atoms. The number of carbonyl (C=O) groups is 1. The van der Waals surface area contributed by atoms with Gasteiger partial charge in [-0.05, 0) is 85.7 Å². The fraction of sp³-hybridized carbons (Fsp3) is 0.690. The molecule has 7 heteroatoms. The number of carbonyl (C=O) groups excluding carboxylic acids is 1. The second-order valence-corrected chi connectivity index (χ2v) is 11.8. The van der Waals surface area contributed by atoms with Crippen LogP contribution in [0.2, 0.25) is 0 Å². The largest absolute Gasteiger partial charge is 0.450 e. The third kappa shape index (κ3) is 5.03. The van der Waals surface area contributed by atoms with Crippen LogP contribution in [0, 0.1) is 28.6 Å². The van der Waals surface area contributed by atoms with Gasteiger partial charge in [0.2, 0.25) is 5.78 Å². The van der Waals surface area contributed by atoms with E-state index in [4.69, 9.17) is 0 Å². The van der Waals surface area contributed by atoms with Crippen LogP contribution < -0.4 is 0 Å². The maximum atomic E-state index is 13.0. The summed E-state index contributed by atoms with van der Waals surface area (Å²) in [5, 5.41) is 30.7. The van der Waals surface area contributed by atoms with Crippen molar-refractivity contribution < 1.29 is 33.3 Å². The number of allylic oxidation sites excluding steroid dienone is 4. The SMILES string of the molecule is C=C1/C(=C\C=C2/CCC[C@]3(C)[C@@H]([C@H](C)/C=C/[C@@H](O)C4(C(=O)C(F)(F)F)CC4)CC[C@@H]23)C[C@@H](O)C[C@@H]1O. The summed E-state index contributed by atoms with van der Waals surface area (Å²) in [5.41, 5.74) is 1.27. The van der Waals surface area contributed by atoms with Crippen molar-refractivity contribution in [2.45, 2.75) is 96.1 Å². The van der Waals surface area contributed by atoms with E-state index >= 15 is 0 Å². The Morgan fingerprint density at radius 1 is 1.14 bits per heavy atom. The van der Waals surface area contributed by atoms with Crippen molar-refractivity contribution in [1.29, 1.82) is 0 Å². The molecule has 4 rings (SSSR count). The van der Waals surface area contributed by atoms with Crippen LogP contribution in [0.15, 0.2) is 47.6 Å². The van der Waals surface area contributed by atoms with E-state index < -0.39 is 35.7 Å². The molecule has 0 aromatic rings. The van der Waals surface area contributed by atoms with E-state index in [0.29, 0.717) is 30.3 Å². The van der Waals surface area contributed by atoms with Gasteiger partial charge in [-0.3, -0.25) is 4.79 Å². The molecule has 0 aromatic carbocycles. The monoisotopic (exact) mass is 508 g/mol. The standard InChI is InChI=1S/C29H39F3O4/c1-17(6-11-25(35)28(13-14-28)26(36)29(30,31)32)22-9-10-23-19(5-4-12-27(22,23)3)7-8-20-15-21(33)16-24(34)18(20)2/h6-8,11,17,21-25,33-35H,2,4-5,9-10,12-16H2,1,3H3/b11-6+,19-7+,20-8-/t17-,21-,22-,23+,24+,25-,27-/m1/s1. The second kappa shape index (κ2) is 9.88. The Kier molecular flexibility index (Phi) is 7.50. The zero-order valence-electron chi connectivity index (χ0n) is 21.2. The number of rotatable bonds is 6. The number of aliphatic hydroxyl groups excluding tert-OH is 3. The quantitative estimate of drug-likeness (QED) is 0.409. The van der Waals surface area contributed by atoms with Gasteiger partial charge in [0.15, 0.2) is 0 Å². The molecule has 7 atom stereocenters. The molecule has 0 amide bonds. The van der Waals surface area contributed by atoms with Gasteiger partial charge in [-0.25, -0.2) is 0 Å². The van der Waals surface area contributed by atoms with E-state index in [1.165, 1.54) is 11.6 Å². The van der Waals surface area contributed by atoms with Crippen molar-refractivity contribution in [1.82, 2.24) is 0 Å². The molecule has 4 fully saturated rings. The molecule has 0 heterocycles. The summed E-state index contributed by atoms with van der Waals surface area (Å²) in [6.45, 7) is 8.36. The number of hydrogen-bond acceptors (Lipinski definition) is 4. The summed E-state index contributed by atoms with van der Waals surface area (Å²) >= 11 is 0. The van der Waals surface area contributed by atoms with Crippen LogP contribution in [0.1, 0.15) is 71.6 Å². The lowest BCUT2D eigenvalue weighted by Crippen LogP contribution is -2.39. The fourth-order valence-corrected chi connectivity index (χ4v) is 7.28. The molecule has 0 saturated heterocycles. The third-order valence-electron chi connectivity index (χ3n) is 9.60. The van der Waals surface area contributed by atoms with Crippen molar-refractivity contribution in [3.05, 3.63) is 47.6 Å². The molecular formula is C29H39F3O4. The van der Waals surface area contributed by atoms with Crippen molar-refractivity contribution in [2.24, 2.45) is 28.6 Å². The summed E-state index contributed by atoms with van der Waals surface area (Å²) in [4.78, 5) is 11.8. The predicted octanol–water partition coefficient (Wildman–Crippen LogP) is 5.59. The molecule has 4 nitrogen and oxygen atoms in total. The topological polar surface area (TPSA) is 77.8 Å². The maximum absolute atomic E-state index is 13.0. The zero-order chi connectivity index (χ0) is 26.5. The molecule has 4 aliphatic rings. The number of halogens is 3. The molecule has 0 unspecified atom stereocenters. The Hall–Kier alpha value is -1.70. The second-order valence-electron chi connectivity index (χ2n) is 11.8. The number of hydrogen-bond donors (Lipinski definition) is 3. The molecular weight excluding hydrogens is 469 g/mol. The number of ketones is 1. The van der Waals surface area contributed by atoms with Crippen molar-refractivity contribution in [2.75, 3.05) is 0 Å². The van der Waals surface area contributed by atoms with Crippen LogP contribution >= 0.6 is 0 Å². The van der Waals surface area contributed by atoms with E-state index in [0.717, 1.165) is 37.7 Å². The Balaban J connectivity index is 1.47. The van der Waals surface area contributed by atoms with Crippen LogP contribution in [0.25, 0.3) is 0 Å². The normalized spacial score (nSPS) is 38.4. The molecule has 0 radical (unpaired) electrons. The lowest BCUT2D eigenvalue weighted by Gasteiger charge is -2.44. The van der Waals surface area contributed by atoms with Crippen LogP contribution in [0.5, 0.6) is 0 Å². The van der Waals surface area contributed by atoms with Gasteiger partial charge >= 0.3 is 6.18 Å². The molecule has 0 bridgehead atoms. The minimum Gasteiger partial charge on any atom is -0.393 e. The summed E-state index contributed by atoms with van der Waals surface area (Å²) in [6, 6.07) is 0. The van der Waals surface area contributed by atoms with Gasteiger partial charge in [0.05, 0.1) is 23.7 Å². The van der Waals surface area contributed by atoms with Crippen LogP contribution in [-0.2, 0) is 4.79 Å². The first-order chi connectivity index (χ1) is 16.8. The molecule has 200 valence electrons. The number of alkyl halides is 3. The molecule has 0 aliphatic heterocycles. The minimum absolute atomic E-state index is 0.0406. The first kappa shape index (κ1) is 27.3. The minimum atomic E-state index is -4.93. The Labute approximate surface area is 211 Å². The highest BCUT2D eigenvalue weighted by Crippen LogP contribution is 2.60. The molecule has 4 saturated carbocycles. The van der Waals surface area contributed by atoms with Gasteiger partial charge in [-0.2, -0.15) is 13.2 Å². The van der Waals surface area contributed by atoms with E-state index in [1.807, 2.05) is 12.2 Å². The van der Waals surface area contributed by atoms with Gasteiger partial charge < -0.3 is 15.3 Å². The third-order valence-corrected chi connectivity index (χ3v) is 9.60. The van der Waals surface area contributed by atoms with Crippen molar-refractivity contribution in [3.8, 4) is 0 Å². The Bertz CT molecular complexity index is 973. The van der Waals surface area contributed by atoms with Gasteiger partial charge in [0.25, 0.3) is 0 Å². The summed E-state index contributed by atoms with van der Waals surface area (Å²) < 4.78 is 38.9. The van der Waals surface area contributed by atoms with E-state index in [-0.39, 0.29) is 24.2 Å². The van der Waals surface area contributed by atoms with Crippen molar-refractivity contribution >= 4 is 5.78 Å². The Morgan fingerprint density at radius 3 is 2.47 bits per heavy atom. The van der Waals surface area contributed by atoms with E-state index in [2.05, 4.69) is 26.5 Å². The summed E-state index contributed by atoms with van der Waals surface area (Å²) in [6.07, 6.45) is 5.87. The van der Waals surface area contributed by atoms with Crippen LogP contribution in [0.4, 0.5) is 13.2 Å². The molecule has 0 aromatic heterocycles. The number of Topliss-reactive ketones (excluding diaryl/α,β-unsaturated/α-hetero) is 1. The smallest absolute Gasteiger partial charge is 0.393 e. The summed E-state index contributed by atoms with van der Waals surface area (Å²) in [5.74, 6) is -1.04. The molecule has 4 aliphatic carbocycles. The molecule has 3 N–H and O–H groups in total. The van der Waals surface area contributed by atoms with Crippen molar-refractivity contribution in [3.63, 3.8) is 0 Å². The molecule has 36 heavy (non-hydrogen) atoms. The first-order valence-corrected chi connectivity index (χ1v) is 13.2. The van der Waals surface area contributed by atoms with Crippen LogP contribution in [-0.4, -0.2) is 45.6 Å². The Morgan fingerprint density at radius 2 is 1.83 bits per heavy atom. The van der Waals surface area contributed by atoms with Gasteiger partial charge in [0, 0.05) is 6.42 Å². The number of aliphatic hydroxyl groups is 3. The average molecular weight is 509 g/mol. The lowest BCUT2D eigenvalue weighted by atomic mass is 9.61. The maximum Gasteiger partial charge on any atom is 0.450 e. The average Bonchev–Trinajstić information content (AvgIpc) is 3.53. The van der Waals surface area contributed by atoms with Gasteiger partial charge in [-0.1, -0.05) is 50.3 Å². The predicted molar refractivity (Wildman–Crippen MR) is 132 cm³/mol. The van der Waals surface area contributed by atoms with E-state index in [9.17, 15) is 33.3 Å². The lowest BCUT2D eigenvalue weighted by molar-refractivity contribution is -0.180. The van der Waals surface area contributed by atoms with Gasteiger partial charge in [0.1, 0.15) is 0 Å². The fourth-order valence-electron chi connectivity index (χ4n) is 7.28. The van der Waals surface area contributed by atoms with Gasteiger partial charge in [-0.15, -0.1) is 0 Å². The highest BCUT2D eigenvalue weighted by molar-refractivity contribution is 5.92.